The first-order chi connectivity index (χ1) is 11.1. The van der Waals surface area contributed by atoms with Crippen molar-refractivity contribution < 1.29 is 9.59 Å². The molecular formula is C18H13N3O2. The second-order valence-electron chi connectivity index (χ2n) is 5.42. The van der Waals surface area contributed by atoms with Crippen LogP contribution in [0.15, 0.2) is 54.6 Å². The molecule has 2 amide bonds. The SMILES string of the molecule is Nc1ccc(Nc2ccc3c4c(cccc24)C(=O)NC3=O)cc1. The molecule has 4 N–H and O–H groups in total. The molecule has 0 spiro atoms. The van der Waals surface area contributed by atoms with Gasteiger partial charge in [-0.1, -0.05) is 12.1 Å². The van der Waals surface area contributed by atoms with Crippen molar-refractivity contribution in [2.45, 2.75) is 0 Å². The van der Waals surface area contributed by atoms with Gasteiger partial charge in [-0.2, -0.15) is 0 Å². The van der Waals surface area contributed by atoms with Crippen molar-refractivity contribution in [1.29, 1.82) is 0 Å². The molecule has 0 fully saturated rings. The molecule has 0 aliphatic carbocycles. The van der Waals surface area contributed by atoms with E-state index in [4.69, 9.17) is 5.73 Å². The second-order valence-corrected chi connectivity index (χ2v) is 5.42. The van der Waals surface area contributed by atoms with Crippen LogP contribution < -0.4 is 16.4 Å². The first kappa shape index (κ1) is 13.3. The Balaban J connectivity index is 1.90. The lowest BCUT2D eigenvalue weighted by Crippen LogP contribution is -2.34. The van der Waals surface area contributed by atoms with Gasteiger partial charge in [0.1, 0.15) is 0 Å². The van der Waals surface area contributed by atoms with Crippen molar-refractivity contribution in [1.82, 2.24) is 5.32 Å². The summed E-state index contributed by atoms with van der Waals surface area (Å²) in [6, 6.07) is 16.4. The largest absolute Gasteiger partial charge is 0.399 e. The van der Waals surface area contributed by atoms with Crippen LogP contribution in [0.1, 0.15) is 20.7 Å². The maximum atomic E-state index is 12.0. The molecule has 5 nitrogen and oxygen atoms in total. The number of hydrogen-bond acceptors (Lipinski definition) is 4. The van der Waals surface area contributed by atoms with Gasteiger partial charge in [0.15, 0.2) is 0 Å². The average Bonchev–Trinajstić information content (AvgIpc) is 2.55. The normalized spacial score (nSPS) is 13.0. The first-order valence-electron chi connectivity index (χ1n) is 7.17. The molecule has 0 aromatic heterocycles. The fourth-order valence-electron chi connectivity index (χ4n) is 2.85. The minimum atomic E-state index is -0.363. The van der Waals surface area contributed by atoms with Crippen LogP contribution in [-0.2, 0) is 0 Å². The third kappa shape index (κ3) is 2.10. The van der Waals surface area contributed by atoms with Crippen LogP contribution >= 0.6 is 0 Å². The number of rotatable bonds is 2. The summed E-state index contributed by atoms with van der Waals surface area (Å²) < 4.78 is 0. The molecule has 3 aromatic carbocycles. The van der Waals surface area contributed by atoms with Crippen molar-refractivity contribution in [3.63, 3.8) is 0 Å². The van der Waals surface area contributed by atoms with Gasteiger partial charge in [0.2, 0.25) is 0 Å². The van der Waals surface area contributed by atoms with Crippen LogP contribution in [-0.4, -0.2) is 11.8 Å². The zero-order valence-electron chi connectivity index (χ0n) is 12.1. The van der Waals surface area contributed by atoms with Gasteiger partial charge in [-0.3, -0.25) is 14.9 Å². The Morgan fingerprint density at radius 3 is 2.26 bits per heavy atom. The third-order valence-corrected chi connectivity index (χ3v) is 3.95. The molecule has 1 aliphatic rings. The Morgan fingerprint density at radius 2 is 1.52 bits per heavy atom. The molecule has 0 unspecified atom stereocenters. The fourth-order valence-corrected chi connectivity index (χ4v) is 2.85. The summed E-state index contributed by atoms with van der Waals surface area (Å²) in [5.41, 5.74) is 9.12. The van der Waals surface area contributed by atoms with Crippen molar-refractivity contribution >= 4 is 39.6 Å². The molecule has 0 radical (unpaired) electrons. The van der Waals surface area contributed by atoms with Crippen molar-refractivity contribution in [3.05, 3.63) is 65.7 Å². The minimum absolute atomic E-state index is 0.363. The third-order valence-electron chi connectivity index (χ3n) is 3.95. The summed E-state index contributed by atoms with van der Waals surface area (Å²) in [5.74, 6) is -0.726. The highest BCUT2D eigenvalue weighted by molar-refractivity contribution is 6.26. The number of imide groups is 1. The summed E-state index contributed by atoms with van der Waals surface area (Å²) in [6.07, 6.45) is 0. The van der Waals surface area contributed by atoms with E-state index in [2.05, 4.69) is 10.6 Å². The second kappa shape index (κ2) is 4.84. The fraction of sp³-hybridized carbons (Fsp3) is 0. The number of nitrogens with one attached hydrogen (secondary N) is 2. The molecule has 1 aliphatic heterocycles. The Bertz CT molecular complexity index is 942. The van der Waals surface area contributed by atoms with Crippen molar-refractivity contribution in [2.75, 3.05) is 11.1 Å². The minimum Gasteiger partial charge on any atom is -0.399 e. The summed E-state index contributed by atoms with van der Waals surface area (Å²) >= 11 is 0. The number of carbonyl (C=O) groups is 2. The lowest BCUT2D eigenvalue weighted by Gasteiger charge is -2.19. The number of anilines is 3. The number of hydrogen-bond donors (Lipinski definition) is 3. The number of amides is 2. The molecule has 23 heavy (non-hydrogen) atoms. The van der Waals surface area contributed by atoms with E-state index >= 15 is 0 Å². The maximum absolute atomic E-state index is 12.0. The standard InChI is InChI=1S/C18H13N3O2/c19-10-4-6-11(7-5-10)20-15-9-8-14-16-12(15)2-1-3-13(16)17(22)21-18(14)23/h1-9,20H,19H2,(H,21,22,23). The molecule has 112 valence electrons. The van der Waals surface area contributed by atoms with E-state index in [0.717, 1.165) is 16.8 Å². The van der Waals surface area contributed by atoms with E-state index in [-0.39, 0.29) is 11.8 Å². The molecule has 1 heterocycles. The zero-order chi connectivity index (χ0) is 16.0. The highest BCUT2D eigenvalue weighted by Gasteiger charge is 2.25. The lowest BCUT2D eigenvalue weighted by molar-refractivity contribution is 0.0845. The van der Waals surface area contributed by atoms with Crippen LogP contribution in [0.3, 0.4) is 0 Å². The van der Waals surface area contributed by atoms with Crippen LogP contribution in [0.5, 0.6) is 0 Å². The van der Waals surface area contributed by atoms with Crippen LogP contribution in [0, 0.1) is 0 Å². The van der Waals surface area contributed by atoms with Crippen LogP contribution in [0.2, 0.25) is 0 Å². The van der Waals surface area contributed by atoms with Crippen molar-refractivity contribution in [2.24, 2.45) is 0 Å². The topological polar surface area (TPSA) is 84.2 Å². The van der Waals surface area contributed by atoms with E-state index in [1.807, 2.05) is 42.5 Å². The van der Waals surface area contributed by atoms with Gasteiger partial charge >= 0.3 is 0 Å². The van der Waals surface area contributed by atoms with E-state index in [9.17, 15) is 9.59 Å². The van der Waals surface area contributed by atoms with E-state index in [1.54, 1.807) is 12.1 Å². The maximum Gasteiger partial charge on any atom is 0.258 e. The Hall–Kier alpha value is -3.34. The lowest BCUT2D eigenvalue weighted by atomic mass is 9.94. The predicted octanol–water partition coefficient (Wildman–Crippen LogP) is 3.05. The molecule has 0 saturated heterocycles. The molecule has 0 atom stereocenters. The van der Waals surface area contributed by atoms with Gasteiger partial charge in [-0.15, -0.1) is 0 Å². The molecular weight excluding hydrogens is 290 g/mol. The highest BCUT2D eigenvalue weighted by Crippen LogP contribution is 2.33. The number of nitrogens with two attached hydrogens (primary N) is 1. The molecule has 0 bridgehead atoms. The average molecular weight is 303 g/mol. The van der Waals surface area contributed by atoms with Gasteiger partial charge in [0.25, 0.3) is 11.8 Å². The summed E-state index contributed by atoms with van der Waals surface area (Å²) in [5, 5.41) is 7.18. The van der Waals surface area contributed by atoms with Crippen LogP contribution in [0.25, 0.3) is 10.8 Å². The molecule has 4 rings (SSSR count). The number of carbonyl (C=O) groups excluding carboxylic acids is 2. The van der Waals surface area contributed by atoms with Crippen molar-refractivity contribution in [3.8, 4) is 0 Å². The quantitative estimate of drug-likeness (QED) is 0.502. The zero-order valence-corrected chi connectivity index (χ0v) is 12.1. The highest BCUT2D eigenvalue weighted by atomic mass is 16.2. The molecule has 3 aromatic rings. The Labute approximate surface area is 132 Å². The Kier molecular flexibility index (Phi) is 2.81. The summed E-state index contributed by atoms with van der Waals surface area (Å²) in [7, 11) is 0. The van der Waals surface area contributed by atoms with Gasteiger partial charge in [0, 0.05) is 39.0 Å². The summed E-state index contributed by atoms with van der Waals surface area (Å²) in [6.45, 7) is 0. The van der Waals surface area contributed by atoms with Gasteiger partial charge < -0.3 is 11.1 Å². The summed E-state index contributed by atoms with van der Waals surface area (Å²) in [4.78, 5) is 24.0. The van der Waals surface area contributed by atoms with E-state index < -0.39 is 0 Å². The molecule has 0 saturated carbocycles. The Morgan fingerprint density at radius 1 is 0.826 bits per heavy atom. The number of benzene rings is 3. The monoisotopic (exact) mass is 303 g/mol. The van der Waals surface area contributed by atoms with E-state index in [1.165, 1.54) is 0 Å². The van der Waals surface area contributed by atoms with Crippen LogP contribution in [0.4, 0.5) is 17.1 Å². The smallest absolute Gasteiger partial charge is 0.258 e. The van der Waals surface area contributed by atoms with Gasteiger partial charge in [-0.05, 0) is 42.5 Å². The van der Waals surface area contributed by atoms with Gasteiger partial charge in [0.05, 0.1) is 0 Å². The first-order valence-corrected chi connectivity index (χ1v) is 7.17. The number of nitrogen functional groups attached to an aromatic ring is 1. The predicted molar refractivity (Wildman–Crippen MR) is 89.9 cm³/mol. The van der Waals surface area contributed by atoms with Gasteiger partial charge in [-0.25, -0.2) is 0 Å². The van der Waals surface area contributed by atoms with E-state index in [0.29, 0.717) is 22.2 Å². The molecule has 5 heteroatoms.